The van der Waals surface area contributed by atoms with Crippen molar-refractivity contribution in [3.8, 4) is 5.88 Å². The molecular formula is C7H6ClF3N2O. The van der Waals surface area contributed by atoms with Gasteiger partial charge in [-0.15, -0.1) is 13.2 Å². The number of aromatic nitrogens is 1. The van der Waals surface area contributed by atoms with Crippen molar-refractivity contribution in [2.24, 2.45) is 5.73 Å². The lowest BCUT2D eigenvalue weighted by atomic mass is 10.3. The molecule has 3 nitrogen and oxygen atoms in total. The minimum absolute atomic E-state index is 0.0988. The minimum Gasteiger partial charge on any atom is -0.388 e. The first kappa shape index (κ1) is 11.1. The molecule has 7 heteroatoms. The number of alkyl halides is 3. The number of halogens is 4. The van der Waals surface area contributed by atoms with Gasteiger partial charge in [-0.1, -0.05) is 11.6 Å². The molecule has 2 N–H and O–H groups in total. The van der Waals surface area contributed by atoms with Crippen LogP contribution >= 0.6 is 11.6 Å². The molecule has 0 spiro atoms. The third-order valence-corrected chi connectivity index (χ3v) is 1.70. The van der Waals surface area contributed by atoms with Crippen LogP contribution in [0.5, 0.6) is 5.88 Å². The predicted molar refractivity (Wildman–Crippen MR) is 43.8 cm³/mol. The molecule has 0 aliphatic carbocycles. The van der Waals surface area contributed by atoms with E-state index in [0.29, 0.717) is 5.56 Å². The molecular weight excluding hydrogens is 221 g/mol. The van der Waals surface area contributed by atoms with Crippen molar-refractivity contribution in [3.05, 3.63) is 22.8 Å². The van der Waals surface area contributed by atoms with E-state index >= 15 is 0 Å². The normalized spacial score (nSPS) is 11.5. The smallest absolute Gasteiger partial charge is 0.388 e. The third kappa shape index (κ3) is 3.04. The van der Waals surface area contributed by atoms with Crippen LogP contribution in [0, 0.1) is 0 Å². The van der Waals surface area contributed by atoms with E-state index in [1.165, 1.54) is 0 Å². The fourth-order valence-electron chi connectivity index (χ4n) is 0.766. The number of hydrogen-bond acceptors (Lipinski definition) is 3. The Morgan fingerprint density at radius 2 is 2.14 bits per heavy atom. The van der Waals surface area contributed by atoms with Crippen LogP contribution in [-0.4, -0.2) is 11.3 Å². The molecule has 14 heavy (non-hydrogen) atoms. The van der Waals surface area contributed by atoms with Crippen molar-refractivity contribution >= 4 is 11.6 Å². The summed E-state index contributed by atoms with van der Waals surface area (Å²) in [6, 6.07) is 0.969. The summed E-state index contributed by atoms with van der Waals surface area (Å²) >= 11 is 5.59. The van der Waals surface area contributed by atoms with E-state index in [-0.39, 0.29) is 11.6 Å². The number of nitrogens with zero attached hydrogens (tertiary/aromatic N) is 1. The molecule has 0 aromatic carbocycles. The summed E-state index contributed by atoms with van der Waals surface area (Å²) in [5.74, 6) is -0.597. The highest BCUT2D eigenvalue weighted by Gasteiger charge is 2.31. The largest absolute Gasteiger partial charge is 0.574 e. The standard InChI is InChI=1S/C7H6ClF3N2O/c8-5-1-6(14-7(9,10)11)13-3-4(5)2-12/h1,3H,2,12H2. The van der Waals surface area contributed by atoms with Gasteiger partial charge in [-0.3, -0.25) is 0 Å². The van der Waals surface area contributed by atoms with E-state index in [1.807, 2.05) is 0 Å². The van der Waals surface area contributed by atoms with Gasteiger partial charge in [0.05, 0.1) is 5.02 Å². The highest BCUT2D eigenvalue weighted by molar-refractivity contribution is 6.31. The molecule has 1 aromatic rings. The monoisotopic (exact) mass is 226 g/mol. The number of ether oxygens (including phenoxy) is 1. The summed E-state index contributed by atoms with van der Waals surface area (Å²) in [6.45, 7) is 0.109. The summed E-state index contributed by atoms with van der Waals surface area (Å²) in [5.41, 5.74) is 5.70. The summed E-state index contributed by atoms with van der Waals surface area (Å²) in [6.07, 6.45) is -3.62. The summed E-state index contributed by atoms with van der Waals surface area (Å²) < 4.78 is 38.7. The van der Waals surface area contributed by atoms with Crippen LogP contribution < -0.4 is 10.5 Å². The fourth-order valence-corrected chi connectivity index (χ4v) is 0.985. The highest BCUT2D eigenvalue weighted by atomic mass is 35.5. The Morgan fingerprint density at radius 1 is 1.50 bits per heavy atom. The lowest BCUT2D eigenvalue weighted by molar-refractivity contribution is -0.276. The maximum atomic E-state index is 11.7. The van der Waals surface area contributed by atoms with Crippen molar-refractivity contribution in [1.82, 2.24) is 4.98 Å². The summed E-state index contributed by atoms with van der Waals surface area (Å²) in [7, 11) is 0. The average molecular weight is 227 g/mol. The van der Waals surface area contributed by atoms with E-state index < -0.39 is 12.2 Å². The maximum absolute atomic E-state index is 11.7. The van der Waals surface area contributed by atoms with Crippen LogP contribution in [-0.2, 0) is 6.54 Å². The van der Waals surface area contributed by atoms with Gasteiger partial charge in [-0.25, -0.2) is 4.98 Å². The Balaban J connectivity index is 2.87. The van der Waals surface area contributed by atoms with Crippen molar-refractivity contribution < 1.29 is 17.9 Å². The Kier molecular flexibility index (Phi) is 3.17. The Labute approximate surface area is 82.6 Å². The average Bonchev–Trinajstić information content (AvgIpc) is 2.01. The van der Waals surface area contributed by atoms with Crippen LogP contribution in [0.1, 0.15) is 5.56 Å². The molecule has 0 bridgehead atoms. The van der Waals surface area contributed by atoms with Crippen molar-refractivity contribution in [2.45, 2.75) is 12.9 Å². The lowest BCUT2D eigenvalue weighted by Gasteiger charge is -2.08. The molecule has 1 rings (SSSR count). The van der Waals surface area contributed by atoms with Gasteiger partial charge in [0.2, 0.25) is 5.88 Å². The molecule has 0 aliphatic heterocycles. The second-order valence-corrected chi connectivity index (χ2v) is 2.77. The van der Waals surface area contributed by atoms with Crippen LogP contribution in [0.4, 0.5) is 13.2 Å². The molecule has 0 amide bonds. The fraction of sp³-hybridized carbons (Fsp3) is 0.286. The Hall–Kier alpha value is -1.01. The molecule has 0 saturated heterocycles. The van der Waals surface area contributed by atoms with E-state index in [2.05, 4.69) is 9.72 Å². The molecule has 1 heterocycles. The topological polar surface area (TPSA) is 48.1 Å². The van der Waals surface area contributed by atoms with Crippen LogP contribution in [0.3, 0.4) is 0 Å². The molecule has 1 aromatic heterocycles. The first-order valence-electron chi connectivity index (χ1n) is 3.52. The summed E-state index contributed by atoms with van der Waals surface area (Å²) in [4.78, 5) is 3.39. The molecule has 0 unspecified atom stereocenters. The second-order valence-electron chi connectivity index (χ2n) is 2.37. The first-order chi connectivity index (χ1) is 6.42. The predicted octanol–water partition coefficient (Wildman–Crippen LogP) is 2.09. The van der Waals surface area contributed by atoms with Gasteiger partial charge in [-0.2, -0.15) is 0 Å². The van der Waals surface area contributed by atoms with Gasteiger partial charge in [0.15, 0.2) is 0 Å². The first-order valence-corrected chi connectivity index (χ1v) is 3.90. The van der Waals surface area contributed by atoms with Gasteiger partial charge in [-0.05, 0) is 0 Å². The molecule has 0 fully saturated rings. The van der Waals surface area contributed by atoms with Gasteiger partial charge in [0.25, 0.3) is 0 Å². The van der Waals surface area contributed by atoms with Crippen LogP contribution in [0.15, 0.2) is 12.3 Å². The molecule has 0 radical (unpaired) electrons. The van der Waals surface area contributed by atoms with Crippen molar-refractivity contribution in [3.63, 3.8) is 0 Å². The second kappa shape index (κ2) is 4.02. The zero-order valence-electron chi connectivity index (χ0n) is 6.81. The summed E-state index contributed by atoms with van der Waals surface area (Å²) in [5, 5.41) is 0.0988. The van der Waals surface area contributed by atoms with Gasteiger partial charge < -0.3 is 10.5 Å². The van der Waals surface area contributed by atoms with E-state index in [1.54, 1.807) is 0 Å². The number of hydrogen-bond donors (Lipinski definition) is 1. The van der Waals surface area contributed by atoms with E-state index in [4.69, 9.17) is 17.3 Å². The maximum Gasteiger partial charge on any atom is 0.574 e. The van der Waals surface area contributed by atoms with Gasteiger partial charge in [0, 0.05) is 24.4 Å². The molecule has 0 atom stereocenters. The Morgan fingerprint density at radius 3 is 2.57 bits per heavy atom. The number of pyridine rings is 1. The van der Waals surface area contributed by atoms with E-state index in [9.17, 15) is 13.2 Å². The van der Waals surface area contributed by atoms with Crippen molar-refractivity contribution in [2.75, 3.05) is 0 Å². The zero-order chi connectivity index (χ0) is 10.8. The number of nitrogens with two attached hydrogens (primary N) is 1. The van der Waals surface area contributed by atoms with E-state index in [0.717, 1.165) is 12.3 Å². The van der Waals surface area contributed by atoms with Crippen LogP contribution in [0.2, 0.25) is 5.02 Å². The minimum atomic E-state index is -4.76. The third-order valence-electron chi connectivity index (χ3n) is 1.34. The molecule has 0 saturated carbocycles. The lowest BCUT2D eigenvalue weighted by Crippen LogP contribution is -2.18. The SMILES string of the molecule is NCc1cnc(OC(F)(F)F)cc1Cl. The van der Waals surface area contributed by atoms with Gasteiger partial charge >= 0.3 is 6.36 Å². The molecule has 78 valence electrons. The quantitative estimate of drug-likeness (QED) is 0.840. The Bertz CT molecular complexity index is 329. The van der Waals surface area contributed by atoms with Gasteiger partial charge in [0.1, 0.15) is 0 Å². The van der Waals surface area contributed by atoms with Crippen LogP contribution in [0.25, 0.3) is 0 Å². The number of rotatable bonds is 2. The van der Waals surface area contributed by atoms with Crippen molar-refractivity contribution in [1.29, 1.82) is 0 Å². The zero-order valence-corrected chi connectivity index (χ0v) is 7.56. The molecule has 0 aliphatic rings. The highest BCUT2D eigenvalue weighted by Crippen LogP contribution is 2.24.